The summed E-state index contributed by atoms with van der Waals surface area (Å²) in [6.45, 7) is 4.73. The van der Waals surface area contributed by atoms with Crippen LogP contribution in [0.4, 0.5) is 5.69 Å². The van der Waals surface area contributed by atoms with Crippen molar-refractivity contribution in [3.8, 4) is 0 Å². The number of carbonyl (C=O) groups is 2. The number of carbonyl (C=O) groups excluding carboxylic acids is 2. The number of hydrogen-bond acceptors (Lipinski definition) is 3. The van der Waals surface area contributed by atoms with Crippen molar-refractivity contribution in [3.05, 3.63) is 102 Å². The molecule has 1 aromatic heterocycles. The maximum atomic E-state index is 12.6. The van der Waals surface area contributed by atoms with Crippen LogP contribution in [0.15, 0.2) is 96.7 Å². The smallest absolute Gasteiger partial charge is 0.250 e. The van der Waals surface area contributed by atoms with E-state index in [-0.39, 0.29) is 18.2 Å². The monoisotopic (exact) mass is 476 g/mol. The van der Waals surface area contributed by atoms with Crippen LogP contribution in [0.1, 0.15) is 19.4 Å². The van der Waals surface area contributed by atoms with E-state index in [2.05, 4.69) is 39.8 Å². The second-order valence-electron chi connectivity index (χ2n) is 8.80. The number of aromatic nitrogens is 1. The summed E-state index contributed by atoms with van der Waals surface area (Å²) >= 11 is 0. The van der Waals surface area contributed by atoms with Gasteiger partial charge in [-0.05, 0) is 54.4 Å². The number of allylic oxidation sites excluding steroid dienone is 1. The van der Waals surface area contributed by atoms with Gasteiger partial charge in [0.05, 0.1) is 6.42 Å². The zero-order valence-electron chi connectivity index (χ0n) is 20.3. The Bertz CT molecular complexity index is 1630. The minimum absolute atomic E-state index is 0.183. The van der Waals surface area contributed by atoms with Gasteiger partial charge in [0.25, 0.3) is 0 Å². The molecular formula is C30H28N4O2. The number of hydrogen-bond donors (Lipinski definition) is 3. The number of fused-ring (bicyclic) bond motifs is 4. The molecular weight excluding hydrogens is 448 g/mol. The molecule has 6 nitrogen and oxygen atoms in total. The fourth-order valence-corrected chi connectivity index (χ4v) is 4.72. The topological polar surface area (TPSA) is 75.2 Å². The second-order valence-corrected chi connectivity index (χ2v) is 8.80. The third-order valence-corrected chi connectivity index (χ3v) is 6.33. The van der Waals surface area contributed by atoms with Gasteiger partial charge in [-0.3, -0.25) is 15.0 Å². The van der Waals surface area contributed by atoms with Gasteiger partial charge < -0.3 is 15.3 Å². The Kier molecular flexibility index (Phi) is 6.41. The Morgan fingerprint density at radius 2 is 1.53 bits per heavy atom. The SMILES string of the molecule is CCn1c2ccccc2c2cc(NC(=O)/C=C(\C)NNC(=O)Cc3cccc4ccccc34)ccc21. The number of hydrazine groups is 1. The maximum Gasteiger partial charge on any atom is 0.250 e. The van der Waals surface area contributed by atoms with Crippen molar-refractivity contribution >= 4 is 50.1 Å². The number of para-hydroxylation sites is 1. The first-order chi connectivity index (χ1) is 17.5. The molecule has 5 rings (SSSR count). The molecule has 0 fully saturated rings. The Morgan fingerprint density at radius 1 is 0.806 bits per heavy atom. The van der Waals surface area contributed by atoms with Crippen molar-refractivity contribution in [1.29, 1.82) is 0 Å². The molecule has 0 unspecified atom stereocenters. The van der Waals surface area contributed by atoms with E-state index < -0.39 is 0 Å². The fraction of sp³-hybridized carbons (Fsp3) is 0.133. The van der Waals surface area contributed by atoms with Crippen molar-refractivity contribution in [2.45, 2.75) is 26.8 Å². The summed E-state index contributed by atoms with van der Waals surface area (Å²) in [5.74, 6) is -0.459. The second kappa shape index (κ2) is 9.96. The molecule has 2 amide bonds. The number of rotatable bonds is 7. The third-order valence-electron chi connectivity index (χ3n) is 6.33. The van der Waals surface area contributed by atoms with Crippen LogP contribution in [-0.4, -0.2) is 16.4 Å². The Morgan fingerprint density at radius 3 is 2.36 bits per heavy atom. The largest absolute Gasteiger partial charge is 0.341 e. The van der Waals surface area contributed by atoms with Crippen molar-refractivity contribution in [2.24, 2.45) is 0 Å². The summed E-state index contributed by atoms with van der Waals surface area (Å²) in [6, 6.07) is 28.2. The van der Waals surface area contributed by atoms with Crippen LogP contribution < -0.4 is 16.2 Å². The molecule has 36 heavy (non-hydrogen) atoms. The van der Waals surface area contributed by atoms with Crippen LogP contribution in [-0.2, 0) is 22.6 Å². The summed E-state index contributed by atoms with van der Waals surface area (Å²) < 4.78 is 2.27. The lowest BCUT2D eigenvalue weighted by Gasteiger charge is -2.10. The number of nitrogens with zero attached hydrogens (tertiary/aromatic N) is 1. The Labute approximate surface area is 209 Å². The molecule has 0 radical (unpaired) electrons. The molecule has 1 heterocycles. The molecule has 6 heteroatoms. The number of aryl methyl sites for hydroxylation is 1. The lowest BCUT2D eigenvalue weighted by Crippen LogP contribution is -2.37. The first kappa shape index (κ1) is 23.2. The van der Waals surface area contributed by atoms with E-state index >= 15 is 0 Å². The van der Waals surface area contributed by atoms with Gasteiger partial charge in [-0.2, -0.15) is 0 Å². The number of nitrogens with one attached hydrogen (secondary N) is 3. The Hall–Kier alpha value is -4.58. The van der Waals surface area contributed by atoms with Crippen molar-refractivity contribution < 1.29 is 9.59 Å². The fourth-order valence-electron chi connectivity index (χ4n) is 4.72. The highest BCUT2D eigenvalue weighted by atomic mass is 16.2. The van der Waals surface area contributed by atoms with Crippen molar-refractivity contribution in [2.75, 3.05) is 5.32 Å². The van der Waals surface area contributed by atoms with Crippen LogP contribution in [0.25, 0.3) is 32.6 Å². The summed E-state index contributed by atoms with van der Waals surface area (Å²) in [7, 11) is 0. The number of anilines is 1. The van der Waals surface area contributed by atoms with E-state index in [9.17, 15) is 9.59 Å². The van der Waals surface area contributed by atoms with Gasteiger partial charge in [-0.1, -0.05) is 60.7 Å². The molecule has 4 aromatic carbocycles. The van der Waals surface area contributed by atoms with Gasteiger partial charge >= 0.3 is 0 Å². The van der Waals surface area contributed by atoms with Crippen LogP contribution in [0, 0.1) is 0 Å². The molecule has 0 aliphatic carbocycles. The summed E-state index contributed by atoms with van der Waals surface area (Å²) in [5, 5.41) is 7.34. The van der Waals surface area contributed by atoms with Crippen molar-refractivity contribution in [3.63, 3.8) is 0 Å². The lowest BCUT2D eigenvalue weighted by atomic mass is 10.0. The van der Waals surface area contributed by atoms with Crippen LogP contribution in [0.3, 0.4) is 0 Å². The Balaban J connectivity index is 1.23. The van der Waals surface area contributed by atoms with Crippen LogP contribution >= 0.6 is 0 Å². The van der Waals surface area contributed by atoms with Gasteiger partial charge in [0.1, 0.15) is 0 Å². The van der Waals surface area contributed by atoms with Gasteiger partial charge in [-0.25, -0.2) is 0 Å². The van der Waals surface area contributed by atoms with E-state index in [0.29, 0.717) is 5.70 Å². The maximum absolute atomic E-state index is 12.6. The molecule has 3 N–H and O–H groups in total. The molecule has 0 spiro atoms. The van der Waals surface area contributed by atoms with Crippen molar-refractivity contribution in [1.82, 2.24) is 15.4 Å². The summed E-state index contributed by atoms with van der Waals surface area (Å²) in [5.41, 5.74) is 10.0. The number of amides is 2. The van der Waals surface area contributed by atoms with Gasteiger partial charge in [0.15, 0.2) is 0 Å². The average Bonchev–Trinajstić information content (AvgIpc) is 3.20. The average molecular weight is 477 g/mol. The van der Waals surface area contributed by atoms with E-state index in [1.54, 1.807) is 6.92 Å². The minimum Gasteiger partial charge on any atom is -0.341 e. The highest BCUT2D eigenvalue weighted by molar-refractivity contribution is 6.10. The predicted molar refractivity (Wildman–Crippen MR) is 146 cm³/mol. The van der Waals surface area contributed by atoms with E-state index in [0.717, 1.165) is 44.9 Å². The lowest BCUT2D eigenvalue weighted by molar-refractivity contribution is -0.121. The molecule has 0 bridgehead atoms. The van der Waals surface area contributed by atoms with Crippen LogP contribution in [0.2, 0.25) is 0 Å². The third kappa shape index (κ3) is 4.66. The van der Waals surface area contributed by atoms with Gasteiger partial charge in [0.2, 0.25) is 11.8 Å². The quantitative estimate of drug-likeness (QED) is 0.209. The van der Waals surface area contributed by atoms with Crippen LogP contribution in [0.5, 0.6) is 0 Å². The number of benzene rings is 4. The molecule has 0 saturated heterocycles. The summed E-state index contributed by atoms with van der Waals surface area (Å²) in [6.07, 6.45) is 1.66. The van der Waals surface area contributed by atoms with E-state index in [1.165, 1.54) is 11.6 Å². The molecule has 0 aliphatic rings. The highest BCUT2D eigenvalue weighted by Gasteiger charge is 2.11. The zero-order chi connectivity index (χ0) is 25.1. The molecule has 0 saturated carbocycles. The first-order valence-corrected chi connectivity index (χ1v) is 12.1. The minimum atomic E-state index is -0.276. The predicted octanol–water partition coefficient (Wildman–Crippen LogP) is 5.67. The highest BCUT2D eigenvalue weighted by Crippen LogP contribution is 2.31. The van der Waals surface area contributed by atoms with E-state index in [1.807, 2.05) is 72.8 Å². The molecule has 180 valence electrons. The summed E-state index contributed by atoms with van der Waals surface area (Å²) in [4.78, 5) is 25.1. The zero-order valence-corrected chi connectivity index (χ0v) is 20.3. The molecule has 0 aliphatic heterocycles. The first-order valence-electron chi connectivity index (χ1n) is 12.1. The van der Waals surface area contributed by atoms with E-state index in [4.69, 9.17) is 0 Å². The normalized spacial score (nSPS) is 11.7. The standard InChI is InChI=1S/C30H28N4O2/c1-3-34-27-14-7-6-13-25(27)26-19-23(15-16-28(26)34)31-29(35)17-20(2)32-33-30(36)18-22-11-8-10-21-9-4-5-12-24(21)22/h4-17,19,32H,3,18H2,1-2H3,(H,31,35)(H,33,36)/b20-17+. The molecule has 0 atom stereocenters. The van der Waals surface area contributed by atoms with Gasteiger partial charge in [0, 0.05) is 45.8 Å². The molecule has 5 aromatic rings. The van der Waals surface area contributed by atoms with Gasteiger partial charge in [-0.15, -0.1) is 0 Å².